The summed E-state index contributed by atoms with van der Waals surface area (Å²) in [7, 11) is 0. The van der Waals surface area contributed by atoms with Crippen LogP contribution in [0.4, 0.5) is 0 Å². The molecule has 0 saturated carbocycles. The van der Waals surface area contributed by atoms with Gasteiger partial charge in [-0.25, -0.2) is 0 Å². The molecule has 2 unspecified atom stereocenters. The van der Waals surface area contributed by atoms with Gasteiger partial charge in [-0.3, -0.25) is 14.4 Å². The number of carbonyl (C=O) groups is 3. The second kappa shape index (κ2) is 8.65. The fourth-order valence-corrected chi connectivity index (χ4v) is 2.57. The van der Waals surface area contributed by atoms with Crippen molar-refractivity contribution in [3.8, 4) is 0 Å². The van der Waals surface area contributed by atoms with E-state index < -0.39 is 53.4 Å². The van der Waals surface area contributed by atoms with Crippen LogP contribution >= 0.6 is 12.6 Å². The molecule has 10 heteroatoms. The van der Waals surface area contributed by atoms with Crippen LogP contribution in [0.3, 0.4) is 0 Å². The molecule has 2 atom stereocenters. The van der Waals surface area contributed by atoms with Crippen LogP contribution < -0.4 is 27.8 Å². The zero-order chi connectivity index (χ0) is 19.3. The summed E-state index contributed by atoms with van der Waals surface area (Å²) >= 11 is 4.04. The lowest BCUT2D eigenvalue weighted by atomic mass is 9.82. The van der Waals surface area contributed by atoms with Gasteiger partial charge in [0.2, 0.25) is 11.8 Å². The average molecular weight is 363 g/mol. The Kier molecular flexibility index (Phi) is 8.16. The van der Waals surface area contributed by atoms with Gasteiger partial charge in [0, 0.05) is 16.8 Å². The van der Waals surface area contributed by atoms with Crippen molar-refractivity contribution in [1.82, 2.24) is 10.6 Å². The monoisotopic (exact) mass is 363 g/mol. The van der Waals surface area contributed by atoms with E-state index in [-0.39, 0.29) is 5.75 Å². The fraction of sp³-hybridized carbons (Fsp3) is 0.786. The van der Waals surface area contributed by atoms with Crippen LogP contribution in [0.15, 0.2) is 0 Å². The Bertz CT molecular complexity index is 459. The molecular formula is C14H29N5O4S. The highest BCUT2D eigenvalue weighted by Crippen LogP contribution is 2.16. The minimum Gasteiger partial charge on any atom is -0.480 e. The van der Waals surface area contributed by atoms with Gasteiger partial charge >= 0.3 is 5.97 Å². The first kappa shape index (κ1) is 22.6. The highest BCUT2D eigenvalue weighted by Gasteiger charge is 2.38. The normalized spacial score (nSPS) is 14.9. The summed E-state index contributed by atoms with van der Waals surface area (Å²) < 4.78 is 0. The van der Waals surface area contributed by atoms with Gasteiger partial charge in [-0.2, -0.15) is 12.6 Å². The molecule has 0 aliphatic rings. The summed E-state index contributed by atoms with van der Waals surface area (Å²) in [5, 5.41) is 13.8. The molecule has 0 radical (unpaired) electrons. The summed E-state index contributed by atoms with van der Waals surface area (Å²) in [6, 6.07) is -2.88. The third kappa shape index (κ3) is 7.47. The van der Waals surface area contributed by atoms with Crippen molar-refractivity contribution in [3.63, 3.8) is 0 Å². The largest absolute Gasteiger partial charge is 0.480 e. The molecule has 0 bridgehead atoms. The molecule has 0 heterocycles. The Morgan fingerprint density at radius 1 is 1.08 bits per heavy atom. The van der Waals surface area contributed by atoms with Crippen LogP contribution in [0.5, 0.6) is 0 Å². The van der Waals surface area contributed by atoms with Crippen LogP contribution in [0.1, 0.15) is 34.1 Å². The molecule has 9 N–H and O–H groups in total. The minimum atomic E-state index is -1.34. The summed E-state index contributed by atoms with van der Waals surface area (Å²) in [6.45, 7) is 6.92. The van der Waals surface area contributed by atoms with Gasteiger partial charge in [-0.05, 0) is 27.7 Å². The zero-order valence-electron chi connectivity index (χ0n) is 14.5. The van der Waals surface area contributed by atoms with Gasteiger partial charge in [0.05, 0.1) is 12.5 Å². The average Bonchev–Trinajstić information content (AvgIpc) is 2.38. The molecule has 24 heavy (non-hydrogen) atoms. The number of hydrogen-bond donors (Lipinski definition) is 7. The van der Waals surface area contributed by atoms with E-state index in [2.05, 4.69) is 23.3 Å². The van der Waals surface area contributed by atoms with E-state index in [1.54, 1.807) is 27.7 Å². The predicted molar refractivity (Wildman–Crippen MR) is 94.5 cm³/mol. The Labute approximate surface area is 147 Å². The lowest BCUT2D eigenvalue weighted by Gasteiger charge is -2.41. The molecule has 2 amide bonds. The maximum absolute atomic E-state index is 12.4. The maximum Gasteiger partial charge on any atom is 0.321 e. The number of nitrogens with one attached hydrogen (secondary N) is 2. The second-order valence-electron chi connectivity index (χ2n) is 7.04. The van der Waals surface area contributed by atoms with Crippen LogP contribution in [0.25, 0.3) is 0 Å². The standard InChI is InChI=1S/C14H29N5O4S/c1-13(2,16)12(14(3,4)17)19-10(21)8(6-24)18-9(20)5-7(15)11(22)23/h7-8,12,24H,5-6,15-17H2,1-4H3,(H,18,20)(H,19,21)(H,22,23). The molecule has 0 aromatic carbocycles. The third-order valence-electron chi connectivity index (χ3n) is 3.33. The lowest BCUT2D eigenvalue weighted by Crippen LogP contribution is -2.68. The Morgan fingerprint density at radius 3 is 1.88 bits per heavy atom. The van der Waals surface area contributed by atoms with Crippen molar-refractivity contribution in [2.45, 2.75) is 63.3 Å². The van der Waals surface area contributed by atoms with E-state index in [1.165, 1.54) is 0 Å². The van der Waals surface area contributed by atoms with Gasteiger partial charge < -0.3 is 32.9 Å². The number of thiol groups is 1. The first-order valence-corrected chi connectivity index (χ1v) is 8.10. The lowest BCUT2D eigenvalue weighted by molar-refractivity contribution is -0.140. The Hall–Kier alpha value is -1.36. The summed E-state index contributed by atoms with van der Waals surface area (Å²) in [4.78, 5) is 34.9. The summed E-state index contributed by atoms with van der Waals surface area (Å²) in [6.07, 6.45) is -0.443. The van der Waals surface area contributed by atoms with Crippen molar-refractivity contribution in [1.29, 1.82) is 0 Å². The van der Waals surface area contributed by atoms with Crippen molar-refractivity contribution < 1.29 is 19.5 Å². The molecule has 140 valence electrons. The summed E-state index contributed by atoms with van der Waals surface area (Å²) in [5.41, 5.74) is 15.8. The molecule has 0 aliphatic carbocycles. The smallest absolute Gasteiger partial charge is 0.321 e. The number of carboxylic acids is 1. The Morgan fingerprint density at radius 2 is 1.54 bits per heavy atom. The van der Waals surface area contributed by atoms with Gasteiger partial charge in [-0.1, -0.05) is 0 Å². The van der Waals surface area contributed by atoms with Crippen molar-refractivity contribution in [3.05, 3.63) is 0 Å². The highest BCUT2D eigenvalue weighted by molar-refractivity contribution is 7.80. The van der Waals surface area contributed by atoms with E-state index in [1.807, 2.05) is 0 Å². The van der Waals surface area contributed by atoms with E-state index in [0.29, 0.717) is 0 Å². The number of rotatable bonds is 9. The number of hydrogen-bond acceptors (Lipinski definition) is 7. The molecule has 0 aliphatic heterocycles. The van der Waals surface area contributed by atoms with Gasteiger partial charge in [0.15, 0.2) is 0 Å². The number of amides is 2. The molecule has 9 nitrogen and oxygen atoms in total. The van der Waals surface area contributed by atoms with Gasteiger partial charge in [0.25, 0.3) is 0 Å². The van der Waals surface area contributed by atoms with Crippen molar-refractivity contribution >= 4 is 30.4 Å². The van der Waals surface area contributed by atoms with Gasteiger partial charge in [0.1, 0.15) is 12.1 Å². The van der Waals surface area contributed by atoms with E-state index in [0.717, 1.165) is 0 Å². The fourth-order valence-electron chi connectivity index (χ4n) is 2.31. The molecule has 0 fully saturated rings. The number of carbonyl (C=O) groups excluding carboxylic acids is 2. The van der Waals surface area contributed by atoms with Crippen molar-refractivity contribution in [2.75, 3.05) is 5.75 Å². The molecular weight excluding hydrogens is 334 g/mol. The second-order valence-corrected chi connectivity index (χ2v) is 7.40. The van der Waals surface area contributed by atoms with Crippen LogP contribution in [-0.2, 0) is 14.4 Å². The SMILES string of the molecule is CC(C)(N)C(NC(=O)C(CS)NC(=O)CC(N)C(=O)O)C(C)(C)N. The van der Waals surface area contributed by atoms with Crippen LogP contribution in [0.2, 0.25) is 0 Å². The first-order chi connectivity index (χ1) is 10.7. The third-order valence-corrected chi connectivity index (χ3v) is 3.70. The number of aliphatic carboxylic acids is 1. The first-order valence-electron chi connectivity index (χ1n) is 7.46. The van der Waals surface area contributed by atoms with E-state index in [9.17, 15) is 14.4 Å². The van der Waals surface area contributed by atoms with Crippen LogP contribution in [0, 0.1) is 0 Å². The zero-order valence-corrected chi connectivity index (χ0v) is 15.4. The van der Waals surface area contributed by atoms with E-state index in [4.69, 9.17) is 22.3 Å². The topological polar surface area (TPSA) is 174 Å². The number of carboxylic acid groups (broad SMARTS) is 1. The maximum atomic E-state index is 12.4. The molecule has 0 rings (SSSR count). The highest BCUT2D eigenvalue weighted by atomic mass is 32.1. The summed E-state index contributed by atoms with van der Waals surface area (Å²) in [5.74, 6) is -2.45. The molecule has 0 aromatic rings. The van der Waals surface area contributed by atoms with E-state index >= 15 is 0 Å². The molecule has 0 spiro atoms. The number of nitrogens with two attached hydrogens (primary N) is 3. The minimum absolute atomic E-state index is 0.0165. The van der Waals surface area contributed by atoms with Crippen molar-refractivity contribution in [2.24, 2.45) is 17.2 Å². The predicted octanol–water partition coefficient (Wildman–Crippen LogP) is -1.84. The Balaban J connectivity index is 4.97. The quantitative estimate of drug-likeness (QED) is 0.236. The van der Waals surface area contributed by atoms with Gasteiger partial charge in [-0.15, -0.1) is 0 Å². The van der Waals surface area contributed by atoms with Crippen LogP contribution in [-0.4, -0.2) is 57.8 Å². The molecule has 0 aromatic heterocycles. The molecule has 0 saturated heterocycles.